The molecule has 0 radical (unpaired) electrons. The van der Waals surface area contributed by atoms with E-state index in [0.29, 0.717) is 0 Å². The summed E-state index contributed by atoms with van der Waals surface area (Å²) >= 11 is 0. The fraction of sp³-hybridized carbons (Fsp3) is 0.167. The van der Waals surface area contributed by atoms with E-state index in [1.807, 2.05) is 18.2 Å². The van der Waals surface area contributed by atoms with Gasteiger partial charge in [0.2, 0.25) is 0 Å². The number of nitrogens with zero attached hydrogens (tertiary/aromatic N) is 2. The fourth-order valence-electron chi connectivity index (χ4n) is 2.65. The minimum absolute atomic E-state index is 0.0793. The number of nitro groups is 1. The van der Waals surface area contributed by atoms with Crippen LogP contribution in [0.15, 0.2) is 42.5 Å². The Morgan fingerprint density at radius 2 is 1.77 bits per heavy atom. The van der Waals surface area contributed by atoms with Crippen molar-refractivity contribution in [2.45, 2.75) is 20.8 Å². The summed E-state index contributed by atoms with van der Waals surface area (Å²) in [6.07, 6.45) is 0. The molecule has 4 nitrogen and oxygen atoms in total. The predicted octanol–water partition coefficient (Wildman–Crippen LogP) is 4.74. The molecule has 0 N–H and O–H groups in total. The van der Waals surface area contributed by atoms with Gasteiger partial charge in [0.25, 0.3) is 5.69 Å². The summed E-state index contributed by atoms with van der Waals surface area (Å²) in [7, 11) is 0. The van der Waals surface area contributed by atoms with E-state index in [9.17, 15) is 10.1 Å². The van der Waals surface area contributed by atoms with Gasteiger partial charge < -0.3 is 0 Å². The largest absolute Gasteiger partial charge is 0.270 e. The van der Waals surface area contributed by atoms with Crippen molar-refractivity contribution in [3.63, 3.8) is 0 Å². The summed E-state index contributed by atoms with van der Waals surface area (Å²) in [5, 5.41) is 12.0. The van der Waals surface area contributed by atoms with Crippen LogP contribution in [0.4, 0.5) is 5.69 Å². The number of hydrogen-bond donors (Lipinski definition) is 0. The summed E-state index contributed by atoms with van der Waals surface area (Å²) in [4.78, 5) is 15.2. The zero-order valence-electron chi connectivity index (χ0n) is 12.8. The van der Waals surface area contributed by atoms with E-state index in [1.165, 1.54) is 22.8 Å². The third-order valence-corrected chi connectivity index (χ3v) is 4.19. The van der Waals surface area contributed by atoms with Gasteiger partial charge in [-0.05, 0) is 49.6 Å². The van der Waals surface area contributed by atoms with Crippen LogP contribution >= 0.6 is 0 Å². The highest BCUT2D eigenvalue weighted by Gasteiger charge is 2.10. The Hall–Kier alpha value is -2.75. The van der Waals surface area contributed by atoms with Crippen LogP contribution < -0.4 is 0 Å². The number of nitro benzene ring substituents is 1. The van der Waals surface area contributed by atoms with Gasteiger partial charge in [-0.2, -0.15) is 0 Å². The molecule has 110 valence electrons. The highest BCUT2D eigenvalue weighted by Crippen LogP contribution is 2.28. The molecule has 0 unspecified atom stereocenters. The van der Waals surface area contributed by atoms with Gasteiger partial charge in [-0.15, -0.1) is 0 Å². The number of aryl methyl sites for hydroxylation is 2. The molecular weight excluding hydrogens is 276 g/mol. The van der Waals surface area contributed by atoms with Crippen LogP contribution in [-0.4, -0.2) is 9.91 Å². The molecule has 0 aliphatic carbocycles. The van der Waals surface area contributed by atoms with E-state index in [4.69, 9.17) is 0 Å². The summed E-state index contributed by atoms with van der Waals surface area (Å²) in [6.45, 7) is 6.28. The molecular formula is C18H16N2O2. The van der Waals surface area contributed by atoms with Crippen molar-refractivity contribution in [3.8, 4) is 11.3 Å². The lowest BCUT2D eigenvalue weighted by Crippen LogP contribution is -1.93. The SMILES string of the molecule is Cc1cc2nc(-c3cccc([N+](=O)[O-])c3)ccc2c(C)c1C. The van der Waals surface area contributed by atoms with E-state index in [-0.39, 0.29) is 10.6 Å². The number of hydrogen-bond acceptors (Lipinski definition) is 3. The fourth-order valence-corrected chi connectivity index (χ4v) is 2.65. The predicted molar refractivity (Wildman–Crippen MR) is 88.0 cm³/mol. The molecule has 0 bridgehead atoms. The van der Waals surface area contributed by atoms with Crippen LogP contribution in [-0.2, 0) is 0 Å². The first kappa shape index (κ1) is 14.2. The molecule has 4 heteroatoms. The van der Waals surface area contributed by atoms with E-state index >= 15 is 0 Å². The second-order valence-corrected chi connectivity index (χ2v) is 5.51. The van der Waals surface area contributed by atoms with Crippen molar-refractivity contribution < 1.29 is 4.92 Å². The first-order chi connectivity index (χ1) is 10.5. The summed E-state index contributed by atoms with van der Waals surface area (Å²) in [5.41, 5.74) is 6.21. The van der Waals surface area contributed by atoms with Gasteiger partial charge in [0, 0.05) is 23.1 Å². The van der Waals surface area contributed by atoms with Crippen molar-refractivity contribution in [2.75, 3.05) is 0 Å². The third-order valence-electron chi connectivity index (χ3n) is 4.19. The number of pyridine rings is 1. The topological polar surface area (TPSA) is 56.0 Å². The van der Waals surface area contributed by atoms with E-state index < -0.39 is 0 Å². The Morgan fingerprint density at radius 1 is 1.00 bits per heavy atom. The maximum atomic E-state index is 10.9. The van der Waals surface area contributed by atoms with Gasteiger partial charge >= 0.3 is 0 Å². The lowest BCUT2D eigenvalue weighted by Gasteiger charge is -2.10. The Labute approximate surface area is 128 Å². The van der Waals surface area contributed by atoms with Crippen LogP contribution in [0.5, 0.6) is 0 Å². The molecule has 0 saturated carbocycles. The number of benzene rings is 2. The van der Waals surface area contributed by atoms with Gasteiger partial charge in [-0.3, -0.25) is 10.1 Å². The van der Waals surface area contributed by atoms with E-state index in [0.717, 1.165) is 22.2 Å². The van der Waals surface area contributed by atoms with Crippen molar-refractivity contribution in [1.82, 2.24) is 4.98 Å². The van der Waals surface area contributed by atoms with Crippen LogP contribution in [0.3, 0.4) is 0 Å². The normalized spacial score (nSPS) is 10.9. The van der Waals surface area contributed by atoms with E-state index in [1.54, 1.807) is 12.1 Å². The zero-order chi connectivity index (χ0) is 15.9. The average Bonchev–Trinajstić information content (AvgIpc) is 2.52. The molecule has 0 aliphatic heterocycles. The van der Waals surface area contributed by atoms with Crippen molar-refractivity contribution >= 4 is 16.6 Å². The minimum atomic E-state index is -0.387. The maximum absolute atomic E-state index is 10.9. The van der Waals surface area contributed by atoms with Gasteiger partial charge in [0.05, 0.1) is 16.1 Å². The van der Waals surface area contributed by atoms with Crippen LogP contribution in [0.25, 0.3) is 22.2 Å². The number of aromatic nitrogens is 1. The van der Waals surface area contributed by atoms with Gasteiger partial charge in [0.1, 0.15) is 0 Å². The molecule has 0 amide bonds. The Balaban J connectivity index is 2.19. The minimum Gasteiger partial charge on any atom is -0.258 e. The number of rotatable bonds is 2. The second-order valence-electron chi connectivity index (χ2n) is 5.51. The first-order valence-corrected chi connectivity index (χ1v) is 7.10. The summed E-state index contributed by atoms with van der Waals surface area (Å²) in [6, 6.07) is 12.6. The van der Waals surface area contributed by atoms with E-state index in [2.05, 4.69) is 31.8 Å². The lowest BCUT2D eigenvalue weighted by molar-refractivity contribution is -0.384. The van der Waals surface area contributed by atoms with Crippen molar-refractivity contribution in [1.29, 1.82) is 0 Å². The molecule has 0 spiro atoms. The lowest BCUT2D eigenvalue weighted by atomic mass is 9.98. The summed E-state index contributed by atoms with van der Waals surface area (Å²) in [5.74, 6) is 0. The molecule has 0 fully saturated rings. The summed E-state index contributed by atoms with van der Waals surface area (Å²) < 4.78 is 0. The standard InChI is InChI=1S/C18H16N2O2/c1-11-9-18-16(13(3)12(11)2)7-8-17(19-18)14-5-4-6-15(10-14)20(21)22/h4-10H,1-3H3. The number of fused-ring (bicyclic) bond motifs is 1. The highest BCUT2D eigenvalue weighted by atomic mass is 16.6. The number of non-ortho nitro benzene ring substituents is 1. The van der Waals surface area contributed by atoms with Gasteiger partial charge in [-0.1, -0.05) is 18.2 Å². The maximum Gasteiger partial charge on any atom is 0.270 e. The molecule has 0 aliphatic rings. The zero-order valence-corrected chi connectivity index (χ0v) is 12.8. The average molecular weight is 292 g/mol. The smallest absolute Gasteiger partial charge is 0.258 e. The quantitative estimate of drug-likeness (QED) is 0.506. The molecule has 22 heavy (non-hydrogen) atoms. The highest BCUT2D eigenvalue weighted by molar-refractivity contribution is 5.86. The molecule has 3 aromatic rings. The van der Waals surface area contributed by atoms with Gasteiger partial charge in [0.15, 0.2) is 0 Å². The monoisotopic (exact) mass is 292 g/mol. The molecule has 3 rings (SSSR count). The molecule has 0 atom stereocenters. The van der Waals surface area contributed by atoms with Crippen LogP contribution in [0.2, 0.25) is 0 Å². The second kappa shape index (κ2) is 5.22. The van der Waals surface area contributed by atoms with Crippen LogP contribution in [0, 0.1) is 30.9 Å². The molecule has 1 aromatic heterocycles. The van der Waals surface area contributed by atoms with Crippen molar-refractivity contribution in [2.24, 2.45) is 0 Å². The van der Waals surface area contributed by atoms with Crippen molar-refractivity contribution in [3.05, 3.63) is 69.3 Å². The Morgan fingerprint density at radius 3 is 2.50 bits per heavy atom. The Kier molecular flexibility index (Phi) is 3.37. The molecule has 2 aromatic carbocycles. The first-order valence-electron chi connectivity index (χ1n) is 7.10. The third kappa shape index (κ3) is 2.33. The molecule has 1 heterocycles. The molecule has 0 saturated heterocycles. The Bertz CT molecular complexity index is 901. The van der Waals surface area contributed by atoms with Gasteiger partial charge in [-0.25, -0.2) is 4.98 Å². The van der Waals surface area contributed by atoms with Crippen LogP contribution in [0.1, 0.15) is 16.7 Å².